The molecule has 2 fully saturated rings. The predicted molar refractivity (Wildman–Crippen MR) is 47.4 cm³/mol. The van der Waals surface area contributed by atoms with E-state index in [0.29, 0.717) is 12.8 Å². The van der Waals surface area contributed by atoms with Gasteiger partial charge in [0.25, 0.3) is 0 Å². The first kappa shape index (κ1) is 9.65. The smallest absolute Gasteiger partial charge is 0.346 e. The van der Waals surface area contributed by atoms with E-state index >= 15 is 0 Å². The molecule has 14 heavy (non-hydrogen) atoms. The lowest BCUT2D eigenvalue weighted by Crippen LogP contribution is -2.55. The van der Waals surface area contributed by atoms with Crippen molar-refractivity contribution in [1.82, 2.24) is 0 Å². The molecule has 0 saturated carbocycles. The molecule has 2 atom stereocenters. The molecule has 4 nitrogen and oxygen atoms in total. The minimum atomic E-state index is -0.905. The van der Waals surface area contributed by atoms with Gasteiger partial charge in [-0.05, 0) is 25.7 Å². The molecule has 0 aliphatic carbocycles. The van der Waals surface area contributed by atoms with Crippen LogP contribution in [0.3, 0.4) is 0 Å². The Morgan fingerprint density at radius 3 is 2.43 bits per heavy atom. The molecule has 0 aromatic rings. The molecule has 2 heterocycles. The van der Waals surface area contributed by atoms with Crippen molar-refractivity contribution in [1.29, 1.82) is 0 Å². The third-order valence-electron chi connectivity index (χ3n) is 3.28. The van der Waals surface area contributed by atoms with E-state index < -0.39 is 23.1 Å². The highest BCUT2D eigenvalue weighted by Gasteiger charge is 2.62. The van der Waals surface area contributed by atoms with Crippen molar-refractivity contribution in [3.63, 3.8) is 0 Å². The van der Waals surface area contributed by atoms with E-state index in [-0.39, 0.29) is 5.92 Å². The van der Waals surface area contributed by atoms with Gasteiger partial charge in [0, 0.05) is 0 Å². The van der Waals surface area contributed by atoms with Crippen LogP contribution in [0.25, 0.3) is 0 Å². The fourth-order valence-corrected chi connectivity index (χ4v) is 2.14. The summed E-state index contributed by atoms with van der Waals surface area (Å²) in [5.74, 6) is -1.03. The van der Waals surface area contributed by atoms with Crippen LogP contribution < -0.4 is 0 Å². The molecule has 0 unspecified atom stereocenters. The second kappa shape index (κ2) is 2.57. The summed E-state index contributed by atoms with van der Waals surface area (Å²) in [7, 11) is 0. The fourth-order valence-electron chi connectivity index (χ4n) is 2.14. The van der Waals surface area contributed by atoms with Gasteiger partial charge in [-0.15, -0.1) is 0 Å². The summed E-state index contributed by atoms with van der Waals surface area (Å²) in [4.78, 5) is 23.0. The predicted octanol–water partition coefficient (Wildman–Crippen LogP) is 1.03. The SMILES string of the molecule is CC(C)[C@@]12CC[C@@](C)(O1)C(=O)OC2=O. The Hall–Kier alpha value is -0.900. The standard InChI is InChI=1S/C10H14O4/c1-6(2)10-5-4-9(3,14-10)7(11)13-8(10)12/h6H,4-5H2,1-3H3/t9-,10-/m1/s1. The van der Waals surface area contributed by atoms with Crippen LogP contribution in [0.15, 0.2) is 0 Å². The highest BCUT2D eigenvalue weighted by atomic mass is 16.7. The van der Waals surface area contributed by atoms with Crippen LogP contribution in [0.1, 0.15) is 33.6 Å². The van der Waals surface area contributed by atoms with E-state index in [9.17, 15) is 9.59 Å². The Balaban J connectivity index is 2.40. The van der Waals surface area contributed by atoms with Crippen LogP contribution in [0.4, 0.5) is 0 Å². The molecule has 0 N–H and O–H groups in total. The second-order valence-corrected chi connectivity index (χ2v) is 4.55. The van der Waals surface area contributed by atoms with Gasteiger partial charge in [0.05, 0.1) is 0 Å². The van der Waals surface area contributed by atoms with Gasteiger partial charge in [0.2, 0.25) is 0 Å². The Morgan fingerprint density at radius 2 is 1.86 bits per heavy atom. The average molecular weight is 198 g/mol. The monoisotopic (exact) mass is 198 g/mol. The van der Waals surface area contributed by atoms with Gasteiger partial charge in [-0.2, -0.15) is 0 Å². The van der Waals surface area contributed by atoms with E-state index in [1.807, 2.05) is 13.8 Å². The van der Waals surface area contributed by atoms with Crippen LogP contribution in [0, 0.1) is 5.92 Å². The van der Waals surface area contributed by atoms with Crippen molar-refractivity contribution < 1.29 is 19.1 Å². The Morgan fingerprint density at radius 1 is 1.21 bits per heavy atom. The largest absolute Gasteiger partial charge is 0.389 e. The highest BCUT2D eigenvalue weighted by molar-refractivity contribution is 5.98. The fraction of sp³-hybridized carbons (Fsp3) is 0.800. The number of hydrogen-bond acceptors (Lipinski definition) is 4. The van der Waals surface area contributed by atoms with Crippen LogP contribution in [0.2, 0.25) is 0 Å². The van der Waals surface area contributed by atoms with Gasteiger partial charge in [-0.1, -0.05) is 13.8 Å². The molecule has 2 bridgehead atoms. The molecule has 2 aliphatic rings. The lowest BCUT2D eigenvalue weighted by molar-refractivity contribution is -0.219. The van der Waals surface area contributed by atoms with Crippen LogP contribution in [0.5, 0.6) is 0 Å². The minimum Gasteiger partial charge on any atom is -0.389 e. The zero-order valence-corrected chi connectivity index (χ0v) is 8.62. The number of carbonyl (C=O) groups is 2. The lowest BCUT2D eigenvalue weighted by atomic mass is 9.87. The molecule has 78 valence electrons. The Bertz CT molecular complexity index is 309. The third kappa shape index (κ3) is 0.974. The maximum absolute atomic E-state index is 11.6. The Labute approximate surface area is 82.6 Å². The molecule has 0 spiro atoms. The van der Waals surface area contributed by atoms with Gasteiger partial charge < -0.3 is 9.47 Å². The van der Waals surface area contributed by atoms with Gasteiger partial charge >= 0.3 is 11.9 Å². The number of esters is 2. The van der Waals surface area contributed by atoms with Gasteiger partial charge in [0.1, 0.15) is 0 Å². The molecule has 2 aliphatic heterocycles. The molecule has 0 aromatic carbocycles. The first-order valence-electron chi connectivity index (χ1n) is 4.88. The van der Waals surface area contributed by atoms with Crippen molar-refractivity contribution in [2.45, 2.75) is 44.8 Å². The van der Waals surface area contributed by atoms with E-state index in [1.165, 1.54) is 0 Å². The molecule has 0 aromatic heterocycles. The maximum atomic E-state index is 11.6. The molecular weight excluding hydrogens is 184 g/mol. The highest BCUT2D eigenvalue weighted by Crippen LogP contribution is 2.46. The van der Waals surface area contributed by atoms with E-state index in [0.717, 1.165) is 0 Å². The normalized spacial score (nSPS) is 41.7. The van der Waals surface area contributed by atoms with Gasteiger partial charge in [0.15, 0.2) is 11.2 Å². The zero-order chi connectivity index (χ0) is 10.6. The van der Waals surface area contributed by atoms with Crippen LogP contribution in [-0.2, 0) is 19.1 Å². The maximum Gasteiger partial charge on any atom is 0.346 e. The number of ether oxygens (including phenoxy) is 2. The topological polar surface area (TPSA) is 52.6 Å². The van der Waals surface area contributed by atoms with Gasteiger partial charge in [-0.3, -0.25) is 0 Å². The molecule has 0 radical (unpaired) electrons. The zero-order valence-electron chi connectivity index (χ0n) is 8.62. The summed E-state index contributed by atoms with van der Waals surface area (Å²) >= 11 is 0. The van der Waals surface area contributed by atoms with Crippen LogP contribution in [-0.4, -0.2) is 23.1 Å². The first-order valence-corrected chi connectivity index (χ1v) is 4.88. The quantitative estimate of drug-likeness (QED) is 0.466. The molecular formula is C10H14O4. The molecule has 4 heteroatoms. The number of carbonyl (C=O) groups excluding carboxylic acids is 2. The van der Waals surface area contributed by atoms with Crippen molar-refractivity contribution >= 4 is 11.9 Å². The summed E-state index contributed by atoms with van der Waals surface area (Å²) in [6.45, 7) is 5.50. The number of rotatable bonds is 1. The van der Waals surface area contributed by atoms with Crippen molar-refractivity contribution in [2.24, 2.45) is 5.92 Å². The summed E-state index contributed by atoms with van der Waals surface area (Å²) in [5.41, 5.74) is -1.79. The van der Waals surface area contributed by atoms with E-state index in [1.54, 1.807) is 6.92 Å². The van der Waals surface area contributed by atoms with Crippen molar-refractivity contribution in [2.75, 3.05) is 0 Å². The van der Waals surface area contributed by atoms with Gasteiger partial charge in [-0.25, -0.2) is 9.59 Å². The van der Waals surface area contributed by atoms with Crippen LogP contribution >= 0.6 is 0 Å². The van der Waals surface area contributed by atoms with E-state index in [4.69, 9.17) is 9.47 Å². The van der Waals surface area contributed by atoms with Crippen molar-refractivity contribution in [3.05, 3.63) is 0 Å². The summed E-state index contributed by atoms with van der Waals surface area (Å²) in [6, 6.07) is 0. The summed E-state index contributed by atoms with van der Waals surface area (Å²) < 4.78 is 10.4. The average Bonchev–Trinajstić information content (AvgIpc) is 2.41. The van der Waals surface area contributed by atoms with Crippen molar-refractivity contribution in [3.8, 4) is 0 Å². The number of hydrogen-bond donors (Lipinski definition) is 0. The summed E-state index contributed by atoms with van der Waals surface area (Å²) in [6.07, 6.45) is 1.14. The Kier molecular flexibility index (Phi) is 1.77. The molecule has 2 saturated heterocycles. The second-order valence-electron chi connectivity index (χ2n) is 4.55. The summed E-state index contributed by atoms with van der Waals surface area (Å²) in [5, 5.41) is 0. The minimum absolute atomic E-state index is 0.0323. The first-order chi connectivity index (χ1) is 6.41. The van der Waals surface area contributed by atoms with E-state index in [2.05, 4.69) is 0 Å². The number of fused-ring (bicyclic) bond motifs is 2. The molecule has 0 amide bonds. The lowest BCUT2D eigenvalue weighted by Gasteiger charge is -2.37. The number of cyclic esters (lactones) is 2. The molecule has 2 rings (SSSR count). The third-order valence-corrected chi connectivity index (χ3v) is 3.28.